The summed E-state index contributed by atoms with van der Waals surface area (Å²) < 4.78 is 26.8. The van der Waals surface area contributed by atoms with Gasteiger partial charge in [-0.25, -0.2) is 8.42 Å². The fourth-order valence-corrected chi connectivity index (χ4v) is 2.75. The molecule has 102 valence electrons. The molecule has 3 N–H and O–H groups in total. The number of nitrogens with two attached hydrogens (primary N) is 1. The Balaban J connectivity index is 2.35. The zero-order valence-corrected chi connectivity index (χ0v) is 11.6. The number of nitrogen functional groups attached to an aromatic ring is 1. The summed E-state index contributed by atoms with van der Waals surface area (Å²) in [5.74, 6) is 0. The highest BCUT2D eigenvalue weighted by Crippen LogP contribution is 2.21. The van der Waals surface area contributed by atoms with Gasteiger partial charge in [0.25, 0.3) is 10.0 Å². The molecular weight excluding hydrogens is 274 g/mol. The molecule has 20 heavy (non-hydrogen) atoms. The van der Waals surface area contributed by atoms with E-state index in [1.807, 2.05) is 13.0 Å². The molecule has 0 saturated carbocycles. The van der Waals surface area contributed by atoms with Gasteiger partial charge in [-0.05, 0) is 42.8 Å². The molecule has 0 aliphatic carbocycles. The number of aryl methyl sites for hydroxylation is 1. The van der Waals surface area contributed by atoms with Crippen molar-refractivity contribution in [1.82, 2.24) is 0 Å². The Bertz CT molecular complexity index is 792. The number of anilines is 2. The van der Waals surface area contributed by atoms with E-state index in [-0.39, 0.29) is 10.5 Å². The maximum Gasteiger partial charge on any atom is 0.261 e. The van der Waals surface area contributed by atoms with Gasteiger partial charge in [-0.1, -0.05) is 12.1 Å². The minimum absolute atomic E-state index is 0.0377. The highest BCUT2D eigenvalue weighted by Gasteiger charge is 2.14. The SMILES string of the molecule is Cc1ccc(NS(=O)(=O)c2cccc(C#N)c2)cc1N. The number of nitrogens with one attached hydrogen (secondary N) is 1. The van der Waals surface area contributed by atoms with Gasteiger partial charge in [0.2, 0.25) is 0 Å². The van der Waals surface area contributed by atoms with Crippen LogP contribution in [0.1, 0.15) is 11.1 Å². The Kier molecular flexibility index (Phi) is 3.63. The standard InChI is InChI=1S/C14H13N3O2S/c1-10-5-6-12(8-14(10)16)17-20(18,19)13-4-2-3-11(7-13)9-15/h2-8,17H,16H2,1H3. The summed E-state index contributed by atoms with van der Waals surface area (Å²) in [6, 6.07) is 12.7. The summed E-state index contributed by atoms with van der Waals surface area (Å²) in [4.78, 5) is 0.0377. The summed E-state index contributed by atoms with van der Waals surface area (Å²) in [5.41, 5.74) is 7.80. The van der Waals surface area contributed by atoms with E-state index in [1.54, 1.807) is 24.3 Å². The summed E-state index contributed by atoms with van der Waals surface area (Å²) in [7, 11) is -3.73. The van der Waals surface area contributed by atoms with Crippen LogP contribution < -0.4 is 10.5 Å². The lowest BCUT2D eigenvalue weighted by Gasteiger charge is -2.09. The second kappa shape index (κ2) is 5.23. The highest BCUT2D eigenvalue weighted by molar-refractivity contribution is 7.92. The molecule has 5 nitrogen and oxygen atoms in total. The van der Waals surface area contributed by atoms with Crippen molar-refractivity contribution >= 4 is 21.4 Å². The zero-order valence-electron chi connectivity index (χ0n) is 10.8. The predicted molar refractivity (Wildman–Crippen MR) is 77.6 cm³/mol. The lowest BCUT2D eigenvalue weighted by Crippen LogP contribution is -2.13. The summed E-state index contributed by atoms with van der Waals surface area (Å²) in [6.45, 7) is 1.84. The number of nitrogens with zero attached hydrogens (tertiary/aromatic N) is 1. The van der Waals surface area contributed by atoms with E-state index in [2.05, 4.69) is 4.72 Å². The third-order valence-electron chi connectivity index (χ3n) is 2.80. The molecule has 0 heterocycles. The molecule has 0 aliphatic rings. The first-order valence-corrected chi connectivity index (χ1v) is 7.30. The molecule has 0 spiro atoms. The van der Waals surface area contributed by atoms with Crippen molar-refractivity contribution in [3.8, 4) is 6.07 Å². The van der Waals surface area contributed by atoms with Gasteiger partial charge < -0.3 is 5.73 Å². The Morgan fingerprint density at radius 2 is 1.95 bits per heavy atom. The lowest BCUT2D eigenvalue weighted by molar-refractivity contribution is 0.601. The Morgan fingerprint density at radius 3 is 2.60 bits per heavy atom. The fourth-order valence-electron chi connectivity index (χ4n) is 1.65. The van der Waals surface area contributed by atoms with Gasteiger partial charge in [0, 0.05) is 5.69 Å². The van der Waals surface area contributed by atoms with Crippen molar-refractivity contribution in [1.29, 1.82) is 5.26 Å². The maximum atomic E-state index is 12.2. The van der Waals surface area contributed by atoms with Gasteiger partial charge in [0.05, 0.1) is 22.2 Å². The molecule has 0 amide bonds. The smallest absolute Gasteiger partial charge is 0.261 e. The largest absolute Gasteiger partial charge is 0.398 e. The van der Waals surface area contributed by atoms with E-state index in [9.17, 15) is 8.42 Å². The molecule has 0 unspecified atom stereocenters. The van der Waals surface area contributed by atoms with Crippen LogP contribution in [0.3, 0.4) is 0 Å². The molecule has 2 aromatic rings. The monoisotopic (exact) mass is 287 g/mol. The number of sulfonamides is 1. The second-order valence-electron chi connectivity index (χ2n) is 4.32. The minimum atomic E-state index is -3.73. The van der Waals surface area contributed by atoms with Gasteiger partial charge in [-0.3, -0.25) is 4.72 Å². The van der Waals surface area contributed by atoms with Gasteiger partial charge in [0.1, 0.15) is 0 Å². The zero-order chi connectivity index (χ0) is 14.8. The van der Waals surface area contributed by atoms with Gasteiger partial charge in [-0.15, -0.1) is 0 Å². The molecule has 0 radical (unpaired) electrons. The molecule has 0 fully saturated rings. The highest BCUT2D eigenvalue weighted by atomic mass is 32.2. The number of benzene rings is 2. The van der Waals surface area contributed by atoms with Crippen molar-refractivity contribution in [2.24, 2.45) is 0 Å². The molecule has 0 aliphatic heterocycles. The molecule has 2 aromatic carbocycles. The molecule has 0 saturated heterocycles. The maximum absolute atomic E-state index is 12.2. The second-order valence-corrected chi connectivity index (χ2v) is 6.00. The quantitative estimate of drug-likeness (QED) is 0.846. The van der Waals surface area contributed by atoms with Crippen molar-refractivity contribution < 1.29 is 8.42 Å². The van der Waals surface area contributed by atoms with Gasteiger partial charge in [0.15, 0.2) is 0 Å². The van der Waals surface area contributed by atoms with E-state index < -0.39 is 10.0 Å². The van der Waals surface area contributed by atoms with Crippen LogP contribution in [0.15, 0.2) is 47.4 Å². The summed E-state index contributed by atoms with van der Waals surface area (Å²) in [5, 5.41) is 8.80. The average molecular weight is 287 g/mol. The van der Waals surface area contributed by atoms with Crippen molar-refractivity contribution in [3.05, 3.63) is 53.6 Å². The van der Waals surface area contributed by atoms with Crippen molar-refractivity contribution in [2.45, 2.75) is 11.8 Å². The molecule has 0 atom stereocenters. The third-order valence-corrected chi connectivity index (χ3v) is 4.18. The fraction of sp³-hybridized carbons (Fsp3) is 0.0714. The van der Waals surface area contributed by atoms with E-state index in [1.165, 1.54) is 18.2 Å². The van der Waals surface area contributed by atoms with Crippen LogP contribution in [0.4, 0.5) is 11.4 Å². The molecule has 2 rings (SSSR count). The lowest BCUT2D eigenvalue weighted by atomic mass is 10.2. The van der Waals surface area contributed by atoms with Crippen LogP contribution >= 0.6 is 0 Å². The average Bonchev–Trinajstić information content (AvgIpc) is 2.43. The first-order valence-electron chi connectivity index (χ1n) is 5.81. The first kappa shape index (κ1) is 13.9. The van der Waals surface area contributed by atoms with Crippen LogP contribution in [0.5, 0.6) is 0 Å². The van der Waals surface area contributed by atoms with Crippen molar-refractivity contribution in [3.63, 3.8) is 0 Å². The summed E-state index contributed by atoms with van der Waals surface area (Å²) >= 11 is 0. The minimum Gasteiger partial charge on any atom is -0.398 e. The number of nitriles is 1. The van der Waals surface area contributed by atoms with Crippen LogP contribution in [0.25, 0.3) is 0 Å². The van der Waals surface area contributed by atoms with Crippen LogP contribution in [0, 0.1) is 18.3 Å². The number of hydrogen-bond donors (Lipinski definition) is 2. The van der Waals surface area contributed by atoms with Crippen LogP contribution in [-0.4, -0.2) is 8.42 Å². The normalized spacial score (nSPS) is 10.8. The predicted octanol–water partition coefficient (Wildman–Crippen LogP) is 2.25. The van der Waals surface area contributed by atoms with Crippen LogP contribution in [-0.2, 0) is 10.0 Å². The van der Waals surface area contributed by atoms with E-state index in [0.717, 1.165) is 5.56 Å². The summed E-state index contributed by atoms with van der Waals surface area (Å²) in [6.07, 6.45) is 0. The number of rotatable bonds is 3. The van der Waals surface area contributed by atoms with E-state index in [4.69, 9.17) is 11.0 Å². The van der Waals surface area contributed by atoms with Gasteiger partial charge in [-0.2, -0.15) is 5.26 Å². The Morgan fingerprint density at radius 1 is 1.20 bits per heavy atom. The molecule has 0 aromatic heterocycles. The Labute approximate surface area is 117 Å². The Hall–Kier alpha value is -2.52. The molecular formula is C14H13N3O2S. The first-order chi connectivity index (χ1) is 9.42. The topological polar surface area (TPSA) is 96.0 Å². The number of hydrogen-bond acceptors (Lipinski definition) is 4. The van der Waals surface area contributed by atoms with Gasteiger partial charge >= 0.3 is 0 Å². The van der Waals surface area contributed by atoms with Crippen LogP contribution in [0.2, 0.25) is 0 Å². The van der Waals surface area contributed by atoms with E-state index >= 15 is 0 Å². The van der Waals surface area contributed by atoms with E-state index in [0.29, 0.717) is 11.4 Å². The molecule has 0 bridgehead atoms. The van der Waals surface area contributed by atoms with Crippen molar-refractivity contribution in [2.75, 3.05) is 10.5 Å². The third kappa shape index (κ3) is 2.90. The molecule has 6 heteroatoms.